The Morgan fingerprint density at radius 1 is 0.413 bits per heavy atom. The van der Waals surface area contributed by atoms with Gasteiger partial charge in [0.2, 0.25) is 0 Å². The van der Waals surface area contributed by atoms with Crippen LogP contribution in [0.1, 0.15) is 258 Å². The number of quaternary nitrogens is 1. The van der Waals surface area contributed by atoms with Crippen LogP contribution in [-0.4, -0.2) is 87.4 Å². The molecule has 2 unspecified atom stereocenters. The molecule has 75 heavy (non-hydrogen) atoms. The van der Waals surface area contributed by atoms with E-state index in [1.54, 1.807) is 0 Å². The number of aliphatic carboxylic acids is 1. The molecule has 0 aromatic heterocycles. The first-order valence-corrected chi connectivity index (χ1v) is 30.8. The van der Waals surface area contributed by atoms with E-state index in [4.69, 9.17) is 18.9 Å². The molecule has 0 aromatic rings. The van der Waals surface area contributed by atoms with Gasteiger partial charge in [0.25, 0.3) is 6.29 Å². The van der Waals surface area contributed by atoms with Gasteiger partial charge in [0.05, 0.1) is 34.4 Å². The number of unbranched alkanes of at least 4 members (excludes halogenated alkanes) is 27. The summed E-state index contributed by atoms with van der Waals surface area (Å²) in [5.41, 5.74) is 0. The highest BCUT2D eigenvalue weighted by atomic mass is 16.7. The predicted octanol–water partition coefficient (Wildman–Crippen LogP) is 18.3. The number of hydrogen-bond acceptors (Lipinski definition) is 7. The van der Waals surface area contributed by atoms with Gasteiger partial charge in [-0.2, -0.15) is 0 Å². The van der Waals surface area contributed by atoms with Crippen molar-refractivity contribution in [3.05, 3.63) is 85.1 Å². The fourth-order valence-electron chi connectivity index (χ4n) is 8.42. The summed E-state index contributed by atoms with van der Waals surface area (Å²) >= 11 is 0. The first kappa shape index (κ1) is 71.5. The average Bonchev–Trinajstić information content (AvgIpc) is 3.38. The number of nitrogens with zero attached hydrogens (tertiary/aromatic N) is 1. The van der Waals surface area contributed by atoms with Crippen molar-refractivity contribution in [1.29, 1.82) is 0 Å². The molecule has 0 saturated carbocycles. The molecule has 0 rings (SSSR count). The summed E-state index contributed by atoms with van der Waals surface area (Å²) in [5, 5.41) is 9.71. The molecule has 0 aliphatic rings. The summed E-state index contributed by atoms with van der Waals surface area (Å²) in [6.07, 6.45) is 72.4. The molecule has 9 heteroatoms. The maximum atomic E-state index is 12.9. The Hall–Kier alpha value is -3.53. The standard InChI is InChI=1S/C66H115NO8/c1-6-8-10-12-14-16-18-20-22-24-26-27-28-29-30-31-32-33-34-35-36-37-39-40-42-44-46-48-50-52-54-56-63(68)73-60-62(61-74-66(65(70)71)72-59-58-67(3,4)5)75-64(69)57-55-53-51-49-47-45-43-41-38-25-23-21-19-17-15-13-11-9-7-2/h9,11,15,17-18,20-21,23-24,26,28-29,38,41,62,66H,6-8,10,12-14,16,19,22,25,27,30-37,39-40,42-61H2,1-5H3/p+1/b11-9-,17-15-,20-18-,23-21-,26-24-,29-28-,41-38-. The molecule has 0 amide bonds. The first-order valence-electron chi connectivity index (χ1n) is 30.8. The molecule has 0 bridgehead atoms. The molecule has 0 fully saturated rings. The van der Waals surface area contributed by atoms with Crippen LogP contribution in [0.5, 0.6) is 0 Å². The second-order valence-electron chi connectivity index (χ2n) is 21.6. The van der Waals surface area contributed by atoms with Crippen LogP contribution in [0.25, 0.3) is 0 Å². The largest absolute Gasteiger partial charge is 0.477 e. The molecular formula is C66H116NO8+. The molecule has 432 valence electrons. The molecule has 1 N–H and O–H groups in total. The summed E-state index contributed by atoms with van der Waals surface area (Å²) < 4.78 is 22.9. The topological polar surface area (TPSA) is 108 Å². The van der Waals surface area contributed by atoms with E-state index in [9.17, 15) is 19.5 Å². The predicted molar refractivity (Wildman–Crippen MR) is 318 cm³/mol. The van der Waals surface area contributed by atoms with Gasteiger partial charge in [-0.15, -0.1) is 0 Å². The van der Waals surface area contributed by atoms with Crippen LogP contribution in [-0.2, 0) is 33.3 Å². The van der Waals surface area contributed by atoms with E-state index in [2.05, 4.69) is 98.9 Å². The molecular weight excluding hydrogens is 935 g/mol. The van der Waals surface area contributed by atoms with Gasteiger partial charge in [0.1, 0.15) is 13.2 Å². The second-order valence-corrected chi connectivity index (χ2v) is 21.6. The molecule has 0 aliphatic carbocycles. The first-order chi connectivity index (χ1) is 36.6. The van der Waals surface area contributed by atoms with Crippen molar-refractivity contribution < 1.29 is 42.9 Å². The van der Waals surface area contributed by atoms with E-state index in [1.165, 1.54) is 128 Å². The van der Waals surface area contributed by atoms with E-state index in [-0.39, 0.29) is 32.2 Å². The smallest absolute Gasteiger partial charge is 0.361 e. The van der Waals surface area contributed by atoms with Crippen LogP contribution in [0.3, 0.4) is 0 Å². The second kappa shape index (κ2) is 56.7. The lowest BCUT2D eigenvalue weighted by Crippen LogP contribution is -2.40. The van der Waals surface area contributed by atoms with Crippen LogP contribution < -0.4 is 0 Å². The molecule has 0 aliphatic heterocycles. The number of carbonyl (C=O) groups excluding carboxylic acids is 2. The van der Waals surface area contributed by atoms with Crippen molar-refractivity contribution in [2.24, 2.45) is 0 Å². The highest BCUT2D eigenvalue weighted by molar-refractivity contribution is 5.71. The van der Waals surface area contributed by atoms with Gasteiger partial charge >= 0.3 is 17.9 Å². The highest BCUT2D eigenvalue weighted by Crippen LogP contribution is 2.16. The normalized spacial score (nSPS) is 13.3. The van der Waals surface area contributed by atoms with Gasteiger partial charge in [-0.05, 0) is 89.9 Å². The Balaban J connectivity index is 4.16. The summed E-state index contributed by atoms with van der Waals surface area (Å²) in [6, 6.07) is 0. The molecule has 2 atom stereocenters. The van der Waals surface area contributed by atoms with Gasteiger partial charge in [0.15, 0.2) is 6.10 Å². The van der Waals surface area contributed by atoms with Gasteiger partial charge in [-0.3, -0.25) is 9.59 Å². The Morgan fingerprint density at radius 2 is 0.760 bits per heavy atom. The van der Waals surface area contributed by atoms with Crippen LogP contribution in [0, 0.1) is 0 Å². The maximum absolute atomic E-state index is 12.9. The zero-order valence-corrected chi connectivity index (χ0v) is 49.2. The van der Waals surface area contributed by atoms with Gasteiger partial charge < -0.3 is 28.5 Å². The van der Waals surface area contributed by atoms with Crippen LogP contribution in [0.15, 0.2) is 85.1 Å². The van der Waals surface area contributed by atoms with E-state index >= 15 is 0 Å². The zero-order valence-electron chi connectivity index (χ0n) is 49.2. The van der Waals surface area contributed by atoms with Gasteiger partial charge in [-0.1, -0.05) is 240 Å². The molecule has 0 heterocycles. The summed E-state index contributed by atoms with van der Waals surface area (Å²) in [5.74, 6) is -2.02. The van der Waals surface area contributed by atoms with Crippen molar-refractivity contribution in [3.63, 3.8) is 0 Å². The van der Waals surface area contributed by atoms with E-state index < -0.39 is 24.3 Å². The fourth-order valence-corrected chi connectivity index (χ4v) is 8.42. The minimum Gasteiger partial charge on any atom is -0.477 e. The Bertz CT molecular complexity index is 1500. The number of hydrogen-bond donors (Lipinski definition) is 1. The van der Waals surface area contributed by atoms with Crippen LogP contribution in [0.4, 0.5) is 0 Å². The minimum atomic E-state index is -1.52. The molecule has 0 aromatic carbocycles. The average molecular weight is 1050 g/mol. The molecule has 0 spiro atoms. The van der Waals surface area contributed by atoms with Crippen molar-refractivity contribution >= 4 is 17.9 Å². The number of likely N-dealkylation sites (N-methyl/N-ethyl adjacent to an activating group) is 1. The monoisotopic (exact) mass is 1050 g/mol. The number of carbonyl (C=O) groups is 3. The number of carboxylic acid groups (broad SMARTS) is 1. The lowest BCUT2D eigenvalue weighted by Gasteiger charge is -2.25. The Morgan fingerprint density at radius 3 is 1.13 bits per heavy atom. The maximum Gasteiger partial charge on any atom is 0.361 e. The summed E-state index contributed by atoms with van der Waals surface area (Å²) in [7, 11) is 5.96. The molecule has 9 nitrogen and oxygen atoms in total. The Labute approximate surface area is 461 Å². The van der Waals surface area contributed by atoms with E-state index in [0.717, 1.165) is 96.3 Å². The van der Waals surface area contributed by atoms with Gasteiger partial charge in [-0.25, -0.2) is 4.79 Å². The van der Waals surface area contributed by atoms with Crippen LogP contribution in [0.2, 0.25) is 0 Å². The number of allylic oxidation sites excluding steroid dienone is 14. The number of esters is 2. The third-order valence-electron chi connectivity index (χ3n) is 13.1. The third kappa shape index (κ3) is 58.0. The van der Waals surface area contributed by atoms with Crippen LogP contribution >= 0.6 is 0 Å². The summed E-state index contributed by atoms with van der Waals surface area (Å²) in [4.78, 5) is 37.5. The number of rotatable bonds is 56. The summed E-state index contributed by atoms with van der Waals surface area (Å²) in [6.45, 7) is 4.75. The number of ether oxygens (including phenoxy) is 4. The Kier molecular flexibility index (Phi) is 54.0. The van der Waals surface area contributed by atoms with Crippen molar-refractivity contribution in [1.82, 2.24) is 0 Å². The van der Waals surface area contributed by atoms with Crippen molar-refractivity contribution in [3.8, 4) is 0 Å². The minimum absolute atomic E-state index is 0.181. The van der Waals surface area contributed by atoms with E-state index in [1.807, 2.05) is 21.1 Å². The fraction of sp³-hybridized carbons (Fsp3) is 0.742. The SMILES string of the molecule is CC/C=C\C/C=C\C/C=C\C/C=C\CCCCCCCCC(=O)OC(COC(=O)CCCCCCCCCCCCCCCCCC/C=C\C/C=C\C/C=C\CCCCCCC)COC(OCC[N+](C)(C)C)C(=O)O. The number of carboxylic acids is 1. The van der Waals surface area contributed by atoms with Crippen molar-refractivity contribution in [2.45, 2.75) is 270 Å². The van der Waals surface area contributed by atoms with Crippen molar-refractivity contribution in [2.75, 3.05) is 47.5 Å². The van der Waals surface area contributed by atoms with E-state index in [0.29, 0.717) is 23.9 Å². The lowest BCUT2D eigenvalue weighted by molar-refractivity contribution is -0.870. The zero-order chi connectivity index (χ0) is 54.8. The van der Waals surface area contributed by atoms with Gasteiger partial charge in [0, 0.05) is 12.8 Å². The third-order valence-corrected chi connectivity index (χ3v) is 13.1. The lowest BCUT2D eigenvalue weighted by atomic mass is 10.0. The quantitative estimate of drug-likeness (QED) is 0.0211. The highest BCUT2D eigenvalue weighted by Gasteiger charge is 2.25. The molecule has 0 radical (unpaired) electrons. The molecule has 0 saturated heterocycles.